The van der Waals surface area contributed by atoms with Gasteiger partial charge in [0.05, 0.1) is 23.8 Å². The minimum Gasteiger partial charge on any atom is -0.495 e. The molecule has 0 bridgehead atoms. The zero-order chi connectivity index (χ0) is 15.7. The Morgan fingerprint density at radius 3 is 2.73 bits per heavy atom. The van der Waals surface area contributed by atoms with Crippen LogP contribution in [0.2, 0.25) is 5.02 Å². The number of halogens is 2. The molecule has 1 amide bonds. The zero-order valence-corrected chi connectivity index (χ0v) is 14.1. The normalized spacial score (nSPS) is 13.6. The Hall–Kier alpha value is -1.72. The predicted molar refractivity (Wildman–Crippen MR) is 88.8 cm³/mol. The lowest BCUT2D eigenvalue weighted by Crippen LogP contribution is -2.38. The molecule has 6 heteroatoms. The van der Waals surface area contributed by atoms with Crippen LogP contribution < -0.4 is 14.4 Å². The van der Waals surface area contributed by atoms with Gasteiger partial charge in [0.15, 0.2) is 6.61 Å². The van der Waals surface area contributed by atoms with Crippen molar-refractivity contribution < 1.29 is 14.3 Å². The molecule has 2 aromatic rings. The van der Waals surface area contributed by atoms with Crippen LogP contribution in [0, 0.1) is 0 Å². The fourth-order valence-corrected chi connectivity index (χ4v) is 2.92. The van der Waals surface area contributed by atoms with Gasteiger partial charge in [-0.3, -0.25) is 4.79 Å². The van der Waals surface area contributed by atoms with E-state index in [4.69, 9.17) is 21.1 Å². The molecule has 0 spiro atoms. The maximum absolute atomic E-state index is 12.2. The van der Waals surface area contributed by atoms with Crippen LogP contribution in [0.15, 0.2) is 40.9 Å². The van der Waals surface area contributed by atoms with E-state index in [-0.39, 0.29) is 12.5 Å². The van der Waals surface area contributed by atoms with Crippen molar-refractivity contribution in [2.24, 2.45) is 0 Å². The van der Waals surface area contributed by atoms with E-state index in [1.165, 1.54) is 0 Å². The molecule has 0 atom stereocenters. The second-order valence-electron chi connectivity index (χ2n) is 4.85. The highest BCUT2D eigenvalue weighted by Crippen LogP contribution is 2.40. The number of rotatable bonds is 3. The second kappa shape index (κ2) is 6.18. The number of fused-ring (bicyclic) bond motifs is 1. The van der Waals surface area contributed by atoms with Gasteiger partial charge in [-0.2, -0.15) is 0 Å². The number of carbonyl (C=O) groups is 1. The number of benzene rings is 2. The van der Waals surface area contributed by atoms with Crippen LogP contribution in [-0.2, 0) is 11.3 Å². The molecule has 114 valence electrons. The van der Waals surface area contributed by atoms with Crippen LogP contribution in [0.1, 0.15) is 5.56 Å². The molecule has 4 nitrogen and oxygen atoms in total. The van der Waals surface area contributed by atoms with E-state index in [2.05, 4.69) is 15.9 Å². The Bertz CT molecular complexity index is 718. The number of hydrogen-bond donors (Lipinski definition) is 0. The summed E-state index contributed by atoms with van der Waals surface area (Å²) in [5, 5.41) is 0.669. The summed E-state index contributed by atoms with van der Waals surface area (Å²) >= 11 is 9.32. The number of ether oxygens (including phenoxy) is 2. The van der Waals surface area contributed by atoms with Crippen LogP contribution in [0.5, 0.6) is 11.5 Å². The molecule has 0 fully saturated rings. The summed E-state index contributed by atoms with van der Waals surface area (Å²) < 4.78 is 11.6. The van der Waals surface area contributed by atoms with Crippen molar-refractivity contribution in [1.29, 1.82) is 0 Å². The fourth-order valence-electron chi connectivity index (χ4n) is 2.30. The largest absolute Gasteiger partial charge is 0.495 e. The number of methoxy groups -OCH3 is 1. The van der Waals surface area contributed by atoms with Gasteiger partial charge in [-0.05, 0) is 33.6 Å². The maximum atomic E-state index is 12.2. The molecule has 0 saturated carbocycles. The van der Waals surface area contributed by atoms with Gasteiger partial charge in [-0.1, -0.05) is 23.7 Å². The number of hydrogen-bond acceptors (Lipinski definition) is 3. The van der Waals surface area contributed by atoms with Gasteiger partial charge in [0.25, 0.3) is 5.91 Å². The molecule has 3 rings (SSSR count). The van der Waals surface area contributed by atoms with Crippen molar-refractivity contribution in [3.05, 3.63) is 51.5 Å². The van der Waals surface area contributed by atoms with Crippen LogP contribution in [0.4, 0.5) is 5.69 Å². The third-order valence-corrected chi connectivity index (χ3v) is 4.30. The minimum absolute atomic E-state index is 0.0271. The Morgan fingerprint density at radius 1 is 1.32 bits per heavy atom. The number of anilines is 1. The van der Waals surface area contributed by atoms with Gasteiger partial charge in [-0.25, -0.2) is 0 Å². The van der Waals surface area contributed by atoms with Crippen molar-refractivity contribution in [3.8, 4) is 11.5 Å². The van der Waals surface area contributed by atoms with Crippen LogP contribution in [-0.4, -0.2) is 19.6 Å². The van der Waals surface area contributed by atoms with Gasteiger partial charge in [0, 0.05) is 17.2 Å². The summed E-state index contributed by atoms with van der Waals surface area (Å²) in [6, 6.07) is 11.0. The van der Waals surface area contributed by atoms with Crippen LogP contribution >= 0.6 is 27.5 Å². The molecular formula is C16H13BrClNO3. The molecule has 1 aliphatic rings. The molecular weight excluding hydrogens is 370 g/mol. The van der Waals surface area contributed by atoms with Crippen molar-refractivity contribution in [2.45, 2.75) is 6.54 Å². The molecule has 22 heavy (non-hydrogen) atoms. The van der Waals surface area contributed by atoms with Gasteiger partial charge < -0.3 is 14.4 Å². The maximum Gasteiger partial charge on any atom is 0.265 e. The summed E-state index contributed by atoms with van der Waals surface area (Å²) in [6.45, 7) is 0.483. The van der Waals surface area contributed by atoms with Gasteiger partial charge in [0.1, 0.15) is 11.5 Å². The van der Waals surface area contributed by atoms with Crippen molar-refractivity contribution in [3.63, 3.8) is 0 Å². The standard InChI is InChI=1S/C16H13BrClNO3/c1-21-14-7-13-15(6-12(14)17)22-9-16(20)19(13)8-10-2-4-11(18)5-3-10/h2-7H,8-9H2,1H3. The van der Waals surface area contributed by atoms with E-state index in [1.54, 1.807) is 18.1 Å². The third-order valence-electron chi connectivity index (χ3n) is 3.43. The van der Waals surface area contributed by atoms with Gasteiger partial charge in [-0.15, -0.1) is 0 Å². The Morgan fingerprint density at radius 2 is 2.05 bits per heavy atom. The average molecular weight is 383 g/mol. The summed E-state index contributed by atoms with van der Waals surface area (Å²) in [4.78, 5) is 13.9. The highest BCUT2D eigenvalue weighted by Gasteiger charge is 2.27. The fraction of sp³-hybridized carbons (Fsp3) is 0.188. The molecule has 0 N–H and O–H groups in total. The van der Waals surface area contributed by atoms with Gasteiger partial charge in [0.2, 0.25) is 0 Å². The Balaban J connectivity index is 1.98. The zero-order valence-electron chi connectivity index (χ0n) is 11.8. The van der Waals surface area contributed by atoms with Gasteiger partial charge >= 0.3 is 0 Å². The molecule has 1 aliphatic heterocycles. The first-order chi connectivity index (χ1) is 10.6. The second-order valence-corrected chi connectivity index (χ2v) is 6.14. The topological polar surface area (TPSA) is 38.8 Å². The third kappa shape index (κ3) is 2.91. The number of amides is 1. The van der Waals surface area contributed by atoms with E-state index in [9.17, 15) is 4.79 Å². The number of carbonyl (C=O) groups excluding carboxylic acids is 1. The Labute approximate surface area is 141 Å². The number of nitrogens with zero attached hydrogens (tertiary/aromatic N) is 1. The van der Waals surface area contributed by atoms with E-state index in [0.29, 0.717) is 28.8 Å². The quantitative estimate of drug-likeness (QED) is 0.804. The van der Waals surface area contributed by atoms with Crippen molar-refractivity contribution in [2.75, 3.05) is 18.6 Å². The summed E-state index contributed by atoms with van der Waals surface area (Å²) in [7, 11) is 1.58. The van der Waals surface area contributed by atoms with E-state index < -0.39 is 0 Å². The smallest absolute Gasteiger partial charge is 0.265 e. The first-order valence-corrected chi connectivity index (χ1v) is 7.80. The lowest BCUT2D eigenvalue weighted by molar-refractivity contribution is -0.121. The predicted octanol–water partition coefficient (Wildman–Crippen LogP) is 4.04. The molecule has 0 saturated heterocycles. The van der Waals surface area contributed by atoms with E-state index >= 15 is 0 Å². The highest BCUT2D eigenvalue weighted by molar-refractivity contribution is 9.10. The molecule has 0 aliphatic carbocycles. The summed E-state index contributed by atoms with van der Waals surface area (Å²) in [5.41, 5.74) is 1.69. The lowest BCUT2D eigenvalue weighted by atomic mass is 10.1. The van der Waals surface area contributed by atoms with Crippen LogP contribution in [0.25, 0.3) is 0 Å². The highest BCUT2D eigenvalue weighted by atomic mass is 79.9. The SMILES string of the molecule is COc1cc2c(cc1Br)OCC(=O)N2Cc1ccc(Cl)cc1. The molecule has 0 unspecified atom stereocenters. The Kier molecular flexibility index (Phi) is 4.27. The molecule has 2 aromatic carbocycles. The average Bonchev–Trinajstić information content (AvgIpc) is 2.52. The minimum atomic E-state index is -0.0909. The van der Waals surface area contributed by atoms with Crippen LogP contribution in [0.3, 0.4) is 0 Å². The molecule has 0 radical (unpaired) electrons. The summed E-state index contributed by atoms with van der Waals surface area (Å²) in [6.07, 6.45) is 0. The lowest BCUT2D eigenvalue weighted by Gasteiger charge is -2.30. The molecule has 1 heterocycles. The first-order valence-electron chi connectivity index (χ1n) is 6.63. The van der Waals surface area contributed by atoms with Crippen molar-refractivity contribution in [1.82, 2.24) is 0 Å². The van der Waals surface area contributed by atoms with Crippen molar-refractivity contribution >= 4 is 39.1 Å². The van der Waals surface area contributed by atoms with E-state index in [0.717, 1.165) is 10.0 Å². The summed E-state index contributed by atoms with van der Waals surface area (Å²) in [5.74, 6) is 1.21. The molecule has 0 aromatic heterocycles. The first kappa shape index (κ1) is 15.2. The monoisotopic (exact) mass is 381 g/mol. The van der Waals surface area contributed by atoms with E-state index in [1.807, 2.05) is 30.3 Å².